The van der Waals surface area contributed by atoms with Gasteiger partial charge in [0.2, 0.25) is 5.91 Å². The van der Waals surface area contributed by atoms with Crippen LogP contribution in [-0.2, 0) is 4.79 Å². The number of carboxylic acid groups (broad SMARTS) is 1. The second kappa shape index (κ2) is 6.86. The topological polar surface area (TPSA) is 78.4 Å². The molecule has 0 fully saturated rings. The summed E-state index contributed by atoms with van der Waals surface area (Å²) in [6, 6.07) is -0.692. The minimum absolute atomic E-state index is 0.247. The summed E-state index contributed by atoms with van der Waals surface area (Å²) >= 11 is 0. The molecule has 0 aromatic rings. The molecule has 0 aromatic carbocycles. The lowest BCUT2D eigenvalue weighted by molar-refractivity contribution is -0.123. The van der Waals surface area contributed by atoms with E-state index in [1.165, 1.54) is 0 Å². The van der Waals surface area contributed by atoms with Gasteiger partial charge in [-0.05, 0) is 12.3 Å². The van der Waals surface area contributed by atoms with Gasteiger partial charge in [-0.25, -0.2) is 4.79 Å². The van der Waals surface area contributed by atoms with Crippen LogP contribution in [0.4, 0.5) is 4.79 Å². The van der Waals surface area contributed by atoms with E-state index in [4.69, 9.17) is 5.11 Å². The highest BCUT2D eigenvalue weighted by Crippen LogP contribution is 2.04. The molecule has 0 aliphatic heterocycles. The first-order valence-corrected chi connectivity index (χ1v) is 4.85. The molecule has 15 heavy (non-hydrogen) atoms. The molecular weight excluding hydrogens is 196 g/mol. The van der Waals surface area contributed by atoms with E-state index in [1.807, 2.05) is 13.8 Å². The van der Waals surface area contributed by atoms with Gasteiger partial charge in [-0.3, -0.25) is 4.79 Å². The third-order valence-corrected chi connectivity index (χ3v) is 1.74. The highest BCUT2D eigenvalue weighted by molar-refractivity contribution is 5.85. The zero-order valence-electron chi connectivity index (χ0n) is 9.12. The standard InChI is InChI=1S/C10H18N2O3/c1-4-5-11-9(13)8(6-7(2)3)12-10(14)15/h4,7-8,12H,1,5-6H2,2-3H3,(H,11,13)(H,14,15)/t8-/m0/s1. The normalized spacial score (nSPS) is 11.9. The molecule has 0 aliphatic carbocycles. The van der Waals surface area contributed by atoms with Crippen LogP contribution in [0.5, 0.6) is 0 Å². The SMILES string of the molecule is C=CCNC(=O)[C@H](CC(C)C)NC(=O)O. The second-order valence-electron chi connectivity index (χ2n) is 3.67. The van der Waals surface area contributed by atoms with Crippen molar-refractivity contribution in [2.45, 2.75) is 26.3 Å². The predicted molar refractivity (Wildman–Crippen MR) is 57.6 cm³/mol. The van der Waals surface area contributed by atoms with E-state index in [2.05, 4.69) is 17.2 Å². The Morgan fingerprint density at radius 1 is 1.47 bits per heavy atom. The highest BCUT2D eigenvalue weighted by atomic mass is 16.4. The minimum atomic E-state index is -1.19. The fourth-order valence-electron chi connectivity index (χ4n) is 1.15. The smallest absolute Gasteiger partial charge is 0.405 e. The third kappa shape index (κ3) is 6.54. The molecule has 3 N–H and O–H groups in total. The first-order chi connectivity index (χ1) is 6.97. The zero-order chi connectivity index (χ0) is 11.8. The van der Waals surface area contributed by atoms with E-state index in [0.717, 1.165) is 0 Å². The number of amides is 2. The average molecular weight is 214 g/mol. The molecule has 0 bridgehead atoms. The van der Waals surface area contributed by atoms with Crippen LogP contribution in [-0.4, -0.2) is 29.7 Å². The molecule has 86 valence electrons. The molecule has 5 nitrogen and oxygen atoms in total. The molecule has 0 saturated carbocycles. The van der Waals surface area contributed by atoms with Gasteiger partial charge in [-0.15, -0.1) is 6.58 Å². The van der Waals surface area contributed by atoms with Gasteiger partial charge in [-0.2, -0.15) is 0 Å². The van der Waals surface area contributed by atoms with Crippen molar-refractivity contribution in [3.05, 3.63) is 12.7 Å². The number of hydrogen-bond acceptors (Lipinski definition) is 2. The van der Waals surface area contributed by atoms with Crippen LogP contribution in [0.1, 0.15) is 20.3 Å². The van der Waals surface area contributed by atoms with E-state index in [0.29, 0.717) is 13.0 Å². The van der Waals surface area contributed by atoms with Crippen molar-refractivity contribution in [1.29, 1.82) is 0 Å². The molecule has 0 rings (SSSR count). The van der Waals surface area contributed by atoms with E-state index < -0.39 is 12.1 Å². The lowest BCUT2D eigenvalue weighted by Crippen LogP contribution is -2.47. The quantitative estimate of drug-likeness (QED) is 0.576. The number of rotatable bonds is 6. The monoisotopic (exact) mass is 214 g/mol. The first kappa shape index (κ1) is 13.5. The van der Waals surface area contributed by atoms with Crippen LogP contribution >= 0.6 is 0 Å². The molecule has 2 amide bonds. The van der Waals surface area contributed by atoms with Crippen molar-refractivity contribution in [3.63, 3.8) is 0 Å². The molecule has 0 spiro atoms. The maximum atomic E-state index is 11.5. The number of carbonyl (C=O) groups excluding carboxylic acids is 1. The molecule has 0 aliphatic rings. The van der Waals surface area contributed by atoms with Crippen LogP contribution in [0, 0.1) is 5.92 Å². The molecule has 0 saturated heterocycles. The van der Waals surface area contributed by atoms with Crippen LogP contribution in [0.3, 0.4) is 0 Å². The van der Waals surface area contributed by atoms with Gasteiger partial charge in [0.1, 0.15) is 6.04 Å². The van der Waals surface area contributed by atoms with Gasteiger partial charge in [0.15, 0.2) is 0 Å². The zero-order valence-corrected chi connectivity index (χ0v) is 9.12. The van der Waals surface area contributed by atoms with Crippen LogP contribution in [0.2, 0.25) is 0 Å². The van der Waals surface area contributed by atoms with Gasteiger partial charge < -0.3 is 15.7 Å². The van der Waals surface area contributed by atoms with Crippen molar-refractivity contribution in [2.75, 3.05) is 6.54 Å². The predicted octanol–water partition coefficient (Wildman–Crippen LogP) is 0.971. The van der Waals surface area contributed by atoms with Crippen molar-refractivity contribution < 1.29 is 14.7 Å². The fourth-order valence-corrected chi connectivity index (χ4v) is 1.15. The number of nitrogens with one attached hydrogen (secondary N) is 2. The molecule has 0 unspecified atom stereocenters. The molecule has 1 atom stereocenters. The highest BCUT2D eigenvalue weighted by Gasteiger charge is 2.20. The third-order valence-electron chi connectivity index (χ3n) is 1.74. The van der Waals surface area contributed by atoms with E-state index in [-0.39, 0.29) is 11.8 Å². The second-order valence-corrected chi connectivity index (χ2v) is 3.67. The lowest BCUT2D eigenvalue weighted by atomic mass is 10.0. The summed E-state index contributed by atoms with van der Waals surface area (Å²) in [5.41, 5.74) is 0. The van der Waals surface area contributed by atoms with Gasteiger partial charge in [0, 0.05) is 6.54 Å². The van der Waals surface area contributed by atoms with Crippen molar-refractivity contribution in [2.24, 2.45) is 5.92 Å². The summed E-state index contributed by atoms with van der Waals surface area (Å²) in [6.07, 6.45) is 0.842. The van der Waals surface area contributed by atoms with Gasteiger partial charge in [-0.1, -0.05) is 19.9 Å². The van der Waals surface area contributed by atoms with Gasteiger partial charge in [0.05, 0.1) is 0 Å². The summed E-state index contributed by atoms with van der Waals surface area (Å²) in [7, 11) is 0. The Morgan fingerprint density at radius 3 is 2.47 bits per heavy atom. The number of carbonyl (C=O) groups is 2. The Labute approximate surface area is 89.6 Å². The summed E-state index contributed by atoms with van der Waals surface area (Å²) in [5, 5.41) is 13.3. The Bertz CT molecular complexity index is 239. The molecule has 0 radical (unpaired) electrons. The summed E-state index contributed by atoms with van der Waals surface area (Å²) in [5.74, 6) is -0.0673. The molecule has 0 heterocycles. The van der Waals surface area contributed by atoms with Crippen LogP contribution < -0.4 is 10.6 Å². The van der Waals surface area contributed by atoms with Gasteiger partial charge in [0.25, 0.3) is 0 Å². The van der Waals surface area contributed by atoms with E-state index in [9.17, 15) is 9.59 Å². The van der Waals surface area contributed by atoms with Crippen LogP contribution in [0.25, 0.3) is 0 Å². The summed E-state index contributed by atoms with van der Waals surface area (Å²) in [4.78, 5) is 21.9. The summed E-state index contributed by atoms with van der Waals surface area (Å²) < 4.78 is 0. The lowest BCUT2D eigenvalue weighted by Gasteiger charge is -2.17. The number of hydrogen-bond donors (Lipinski definition) is 3. The van der Waals surface area contributed by atoms with Crippen molar-refractivity contribution in [3.8, 4) is 0 Å². The molecule has 5 heteroatoms. The van der Waals surface area contributed by atoms with Crippen molar-refractivity contribution in [1.82, 2.24) is 10.6 Å². The van der Waals surface area contributed by atoms with E-state index >= 15 is 0 Å². The van der Waals surface area contributed by atoms with Crippen LogP contribution in [0.15, 0.2) is 12.7 Å². The average Bonchev–Trinajstić information content (AvgIpc) is 2.11. The Morgan fingerprint density at radius 2 is 2.07 bits per heavy atom. The molecule has 0 aromatic heterocycles. The Kier molecular flexibility index (Phi) is 6.17. The van der Waals surface area contributed by atoms with E-state index in [1.54, 1.807) is 6.08 Å². The first-order valence-electron chi connectivity index (χ1n) is 4.85. The largest absolute Gasteiger partial charge is 0.465 e. The fraction of sp³-hybridized carbons (Fsp3) is 0.600. The Balaban J connectivity index is 4.26. The van der Waals surface area contributed by atoms with Crippen molar-refractivity contribution >= 4 is 12.0 Å². The summed E-state index contributed by atoms with van der Waals surface area (Å²) in [6.45, 7) is 7.66. The Hall–Kier alpha value is -1.52. The maximum Gasteiger partial charge on any atom is 0.405 e. The van der Waals surface area contributed by atoms with Gasteiger partial charge >= 0.3 is 6.09 Å². The maximum absolute atomic E-state index is 11.5. The molecular formula is C10H18N2O3. The minimum Gasteiger partial charge on any atom is -0.465 e.